The number of aromatic nitrogens is 5. The molecule has 0 radical (unpaired) electrons. The van der Waals surface area contributed by atoms with Crippen molar-refractivity contribution in [3.63, 3.8) is 0 Å². The van der Waals surface area contributed by atoms with Crippen LogP contribution in [0.5, 0.6) is 0 Å². The van der Waals surface area contributed by atoms with Crippen molar-refractivity contribution in [3.05, 3.63) is 11.6 Å². The first-order chi connectivity index (χ1) is 8.95. The Bertz CT molecular complexity index is 571. The van der Waals surface area contributed by atoms with Crippen molar-refractivity contribution in [1.29, 1.82) is 0 Å². The van der Waals surface area contributed by atoms with Gasteiger partial charge < -0.3 is 15.2 Å². The molecule has 102 valence electrons. The summed E-state index contributed by atoms with van der Waals surface area (Å²) in [6.07, 6.45) is 0. The molecule has 2 rings (SSSR count). The molecule has 0 aliphatic carbocycles. The molecule has 0 aliphatic heterocycles. The lowest BCUT2D eigenvalue weighted by molar-refractivity contribution is 0.337. The zero-order chi connectivity index (χ0) is 14.0. The fourth-order valence-electron chi connectivity index (χ4n) is 1.31. The summed E-state index contributed by atoms with van der Waals surface area (Å²) >= 11 is 1.38. The van der Waals surface area contributed by atoms with Crippen LogP contribution < -0.4 is 10.6 Å². The number of thioether (sulfide) groups is 1. The number of rotatable bonds is 4. The minimum Gasteiger partial charge on any atom is -0.368 e. The van der Waals surface area contributed by atoms with Gasteiger partial charge in [-0.3, -0.25) is 0 Å². The highest BCUT2D eigenvalue weighted by Gasteiger charge is 2.17. The number of hydrogen-bond acceptors (Lipinski definition) is 9. The van der Waals surface area contributed by atoms with E-state index in [-0.39, 0.29) is 11.2 Å². The van der Waals surface area contributed by atoms with Crippen LogP contribution in [0.2, 0.25) is 0 Å². The fourth-order valence-corrected chi connectivity index (χ4v) is 2.09. The van der Waals surface area contributed by atoms with E-state index in [4.69, 9.17) is 10.3 Å². The van der Waals surface area contributed by atoms with Gasteiger partial charge in [-0.2, -0.15) is 19.9 Å². The van der Waals surface area contributed by atoms with Gasteiger partial charge in [0.1, 0.15) is 5.82 Å². The van der Waals surface area contributed by atoms with Crippen molar-refractivity contribution < 1.29 is 4.52 Å². The number of anilines is 2. The van der Waals surface area contributed by atoms with E-state index in [0.717, 1.165) is 0 Å². The predicted octanol–water partition coefficient (Wildman–Crippen LogP) is 1.06. The van der Waals surface area contributed by atoms with Crippen LogP contribution in [0.25, 0.3) is 0 Å². The van der Waals surface area contributed by atoms with Crippen LogP contribution in [0.1, 0.15) is 23.8 Å². The van der Waals surface area contributed by atoms with E-state index in [2.05, 4.69) is 25.1 Å². The smallest absolute Gasteiger partial charge is 0.286 e. The number of nitrogen functional groups attached to an aromatic ring is 1. The van der Waals surface area contributed by atoms with Crippen LogP contribution in [0, 0.1) is 6.92 Å². The molecular formula is C10H15N7OS. The molecule has 1 atom stereocenters. The number of hydrogen-bond donors (Lipinski definition) is 1. The number of aryl methyl sites for hydroxylation is 1. The van der Waals surface area contributed by atoms with Crippen LogP contribution >= 0.6 is 11.8 Å². The Morgan fingerprint density at radius 1 is 1.21 bits per heavy atom. The molecule has 2 aromatic rings. The summed E-state index contributed by atoms with van der Waals surface area (Å²) in [7, 11) is 3.69. The van der Waals surface area contributed by atoms with Gasteiger partial charge in [0, 0.05) is 14.1 Å². The normalized spacial score (nSPS) is 12.4. The Balaban J connectivity index is 2.20. The van der Waals surface area contributed by atoms with E-state index in [1.807, 2.05) is 21.0 Å². The Kier molecular flexibility index (Phi) is 3.84. The van der Waals surface area contributed by atoms with E-state index in [9.17, 15) is 0 Å². The lowest BCUT2D eigenvalue weighted by atomic mass is 10.4. The van der Waals surface area contributed by atoms with Gasteiger partial charge in [-0.25, -0.2) is 0 Å². The van der Waals surface area contributed by atoms with E-state index < -0.39 is 0 Å². The first-order valence-electron chi connectivity index (χ1n) is 5.61. The molecule has 0 bridgehead atoms. The van der Waals surface area contributed by atoms with Crippen LogP contribution in [0.15, 0.2) is 9.75 Å². The Morgan fingerprint density at radius 2 is 1.95 bits per heavy atom. The SMILES string of the molecule is Cc1noc(S[C@@H](C)c2nc(N)nc(N(C)C)n2)n1. The second-order valence-corrected chi connectivity index (χ2v) is 5.41. The van der Waals surface area contributed by atoms with E-state index in [1.54, 1.807) is 11.8 Å². The molecule has 0 saturated carbocycles. The van der Waals surface area contributed by atoms with Crippen molar-refractivity contribution in [2.75, 3.05) is 24.7 Å². The maximum atomic E-state index is 5.68. The second kappa shape index (κ2) is 5.39. The van der Waals surface area contributed by atoms with Gasteiger partial charge >= 0.3 is 0 Å². The fraction of sp³-hybridized carbons (Fsp3) is 0.500. The molecule has 2 aromatic heterocycles. The molecule has 0 fully saturated rings. The van der Waals surface area contributed by atoms with Crippen LogP contribution in [-0.4, -0.2) is 39.2 Å². The molecule has 9 heteroatoms. The Labute approximate surface area is 114 Å². The summed E-state index contributed by atoms with van der Waals surface area (Å²) < 4.78 is 5.05. The van der Waals surface area contributed by atoms with Crippen LogP contribution in [0.4, 0.5) is 11.9 Å². The first-order valence-corrected chi connectivity index (χ1v) is 6.49. The van der Waals surface area contributed by atoms with Gasteiger partial charge in [0.25, 0.3) is 5.22 Å². The van der Waals surface area contributed by atoms with Crippen molar-refractivity contribution in [2.45, 2.75) is 24.3 Å². The van der Waals surface area contributed by atoms with Crippen LogP contribution in [-0.2, 0) is 0 Å². The molecule has 2 N–H and O–H groups in total. The average Bonchev–Trinajstić information content (AvgIpc) is 2.73. The molecule has 0 aliphatic rings. The molecule has 0 amide bonds. The van der Waals surface area contributed by atoms with Gasteiger partial charge in [-0.05, 0) is 13.8 Å². The molecule has 0 spiro atoms. The highest BCUT2D eigenvalue weighted by Crippen LogP contribution is 2.32. The van der Waals surface area contributed by atoms with Crippen LogP contribution in [0.3, 0.4) is 0 Å². The molecule has 19 heavy (non-hydrogen) atoms. The highest BCUT2D eigenvalue weighted by atomic mass is 32.2. The molecular weight excluding hydrogens is 266 g/mol. The highest BCUT2D eigenvalue weighted by molar-refractivity contribution is 7.99. The molecule has 2 heterocycles. The Morgan fingerprint density at radius 3 is 2.53 bits per heavy atom. The summed E-state index contributed by atoms with van der Waals surface area (Å²) in [6.45, 7) is 3.71. The number of nitrogens with zero attached hydrogens (tertiary/aromatic N) is 6. The maximum Gasteiger partial charge on any atom is 0.286 e. The monoisotopic (exact) mass is 281 g/mol. The van der Waals surface area contributed by atoms with Crippen molar-refractivity contribution in [1.82, 2.24) is 25.1 Å². The third-order valence-corrected chi connectivity index (χ3v) is 3.14. The van der Waals surface area contributed by atoms with Gasteiger partial charge in [-0.1, -0.05) is 16.9 Å². The Hall–Kier alpha value is -1.90. The average molecular weight is 281 g/mol. The molecule has 8 nitrogen and oxygen atoms in total. The largest absolute Gasteiger partial charge is 0.368 e. The summed E-state index contributed by atoms with van der Waals surface area (Å²) in [6, 6.07) is 0. The van der Waals surface area contributed by atoms with E-state index in [1.165, 1.54) is 11.8 Å². The first kappa shape index (κ1) is 13.5. The minimum atomic E-state index is -0.0659. The van der Waals surface area contributed by atoms with Gasteiger partial charge in [-0.15, -0.1) is 0 Å². The maximum absolute atomic E-state index is 5.68. The van der Waals surface area contributed by atoms with E-state index >= 15 is 0 Å². The van der Waals surface area contributed by atoms with Gasteiger partial charge in [0.2, 0.25) is 11.9 Å². The predicted molar refractivity (Wildman–Crippen MR) is 71.9 cm³/mol. The summed E-state index contributed by atoms with van der Waals surface area (Å²) in [5, 5.41) is 4.15. The summed E-state index contributed by atoms with van der Waals surface area (Å²) in [4.78, 5) is 18.4. The lowest BCUT2D eigenvalue weighted by Crippen LogP contribution is -2.16. The lowest BCUT2D eigenvalue weighted by Gasteiger charge is -2.13. The van der Waals surface area contributed by atoms with E-state index in [0.29, 0.717) is 22.8 Å². The molecule has 0 saturated heterocycles. The third-order valence-electron chi connectivity index (χ3n) is 2.21. The van der Waals surface area contributed by atoms with Crippen molar-refractivity contribution >= 4 is 23.7 Å². The quantitative estimate of drug-likeness (QED) is 0.823. The van der Waals surface area contributed by atoms with Gasteiger partial charge in [0.05, 0.1) is 5.25 Å². The molecule has 0 unspecified atom stereocenters. The zero-order valence-corrected chi connectivity index (χ0v) is 12.0. The van der Waals surface area contributed by atoms with Crippen molar-refractivity contribution in [2.24, 2.45) is 0 Å². The third kappa shape index (κ3) is 3.31. The van der Waals surface area contributed by atoms with Gasteiger partial charge in [0.15, 0.2) is 5.82 Å². The minimum absolute atomic E-state index is 0.0659. The standard InChI is InChI=1S/C10H15N7OS/c1-5(19-10-12-6(2)16-18-10)7-13-8(11)15-9(14-7)17(3)4/h5H,1-4H3,(H2,11,13,14,15)/t5-/m0/s1. The van der Waals surface area contributed by atoms with Crippen molar-refractivity contribution in [3.8, 4) is 0 Å². The topological polar surface area (TPSA) is 107 Å². The number of nitrogens with two attached hydrogens (primary N) is 1. The molecule has 0 aromatic carbocycles. The second-order valence-electron chi connectivity index (χ2n) is 4.11. The summed E-state index contributed by atoms with van der Waals surface area (Å²) in [5.74, 6) is 1.90. The summed E-state index contributed by atoms with van der Waals surface area (Å²) in [5.41, 5.74) is 5.68. The zero-order valence-electron chi connectivity index (χ0n) is 11.2.